The molecule has 25 heavy (non-hydrogen) atoms. The highest BCUT2D eigenvalue weighted by Crippen LogP contribution is 2.45. The number of Topliss-reactive ketones (excluding diaryl/α,β-unsaturated/α-hetero) is 1. The number of hydrogen-bond donors (Lipinski definition) is 1. The van der Waals surface area contributed by atoms with Gasteiger partial charge in [0.05, 0.1) is 5.69 Å². The van der Waals surface area contributed by atoms with Gasteiger partial charge in [-0.05, 0) is 38.3 Å². The lowest BCUT2D eigenvalue weighted by Crippen LogP contribution is -2.42. The molecule has 1 aliphatic heterocycles. The number of carbonyl (C=O) groups excluding carboxylic acids is 2. The van der Waals surface area contributed by atoms with Crippen molar-refractivity contribution >= 4 is 17.4 Å². The molecule has 1 amide bonds. The van der Waals surface area contributed by atoms with E-state index in [-0.39, 0.29) is 12.2 Å². The maximum atomic E-state index is 13.0. The average Bonchev–Trinajstić information content (AvgIpc) is 2.75. The third kappa shape index (κ3) is 3.10. The van der Waals surface area contributed by atoms with Crippen LogP contribution in [0, 0.1) is 13.8 Å². The molecule has 1 heterocycles. The molecule has 4 nitrogen and oxygen atoms in total. The second kappa shape index (κ2) is 6.45. The van der Waals surface area contributed by atoms with E-state index in [4.69, 9.17) is 0 Å². The minimum absolute atomic E-state index is 0.191. The van der Waals surface area contributed by atoms with Gasteiger partial charge in [0.25, 0.3) is 5.91 Å². The number of fused-ring (bicyclic) bond motifs is 1. The van der Waals surface area contributed by atoms with Gasteiger partial charge in [0.2, 0.25) is 0 Å². The Balaban J connectivity index is 2.00. The van der Waals surface area contributed by atoms with Crippen LogP contribution in [0.1, 0.15) is 35.6 Å². The molecule has 2 aromatic carbocycles. The van der Waals surface area contributed by atoms with Crippen LogP contribution in [0.5, 0.6) is 0 Å². The van der Waals surface area contributed by atoms with Crippen molar-refractivity contribution < 1.29 is 14.7 Å². The van der Waals surface area contributed by atoms with E-state index in [2.05, 4.69) is 0 Å². The molecule has 0 radical (unpaired) electrons. The number of hydrogen-bond acceptors (Lipinski definition) is 3. The molecule has 0 bridgehead atoms. The van der Waals surface area contributed by atoms with Gasteiger partial charge in [-0.1, -0.05) is 48.0 Å². The second-order valence-electron chi connectivity index (χ2n) is 6.91. The molecule has 1 N–H and O–H groups in total. The topological polar surface area (TPSA) is 57.6 Å². The Bertz CT molecular complexity index is 829. The smallest absolute Gasteiger partial charge is 0.264 e. The Morgan fingerprint density at radius 2 is 1.84 bits per heavy atom. The van der Waals surface area contributed by atoms with Gasteiger partial charge in [-0.3, -0.25) is 9.59 Å². The highest BCUT2D eigenvalue weighted by Gasteiger charge is 2.50. The minimum Gasteiger partial charge on any atom is -0.375 e. The quantitative estimate of drug-likeness (QED) is 0.912. The number of amides is 1. The van der Waals surface area contributed by atoms with Crippen LogP contribution in [0.2, 0.25) is 0 Å². The summed E-state index contributed by atoms with van der Waals surface area (Å²) in [7, 11) is 0. The van der Waals surface area contributed by atoms with E-state index in [1.165, 1.54) is 6.92 Å². The van der Waals surface area contributed by atoms with Crippen LogP contribution in [-0.4, -0.2) is 23.3 Å². The molecule has 0 spiro atoms. The van der Waals surface area contributed by atoms with Crippen LogP contribution in [0.3, 0.4) is 0 Å². The van der Waals surface area contributed by atoms with Gasteiger partial charge >= 0.3 is 0 Å². The molecule has 0 saturated carbocycles. The molecular formula is C21H23NO3. The van der Waals surface area contributed by atoms with Crippen molar-refractivity contribution in [1.29, 1.82) is 0 Å². The SMILES string of the molecule is CC(=O)C[C@@]1(O)C(=O)N(CCc2ccccc2)c2c(C)cc(C)cc21. The van der Waals surface area contributed by atoms with E-state index in [1.807, 2.05) is 56.3 Å². The molecule has 0 saturated heterocycles. The molecule has 0 fully saturated rings. The van der Waals surface area contributed by atoms with E-state index >= 15 is 0 Å². The lowest BCUT2D eigenvalue weighted by Gasteiger charge is -2.22. The summed E-state index contributed by atoms with van der Waals surface area (Å²) >= 11 is 0. The van der Waals surface area contributed by atoms with Crippen molar-refractivity contribution in [3.63, 3.8) is 0 Å². The number of nitrogens with zero attached hydrogens (tertiary/aromatic N) is 1. The molecule has 0 aromatic heterocycles. The Hall–Kier alpha value is -2.46. The summed E-state index contributed by atoms with van der Waals surface area (Å²) in [6.45, 7) is 5.74. The van der Waals surface area contributed by atoms with Gasteiger partial charge in [0.15, 0.2) is 5.60 Å². The van der Waals surface area contributed by atoms with Gasteiger partial charge in [0.1, 0.15) is 5.78 Å². The summed E-state index contributed by atoms with van der Waals surface area (Å²) in [5.41, 5.74) is 2.58. The number of aryl methyl sites for hydroxylation is 2. The van der Waals surface area contributed by atoms with Crippen molar-refractivity contribution in [3.05, 3.63) is 64.7 Å². The van der Waals surface area contributed by atoms with E-state index < -0.39 is 11.5 Å². The van der Waals surface area contributed by atoms with Crippen LogP contribution in [0.15, 0.2) is 42.5 Å². The van der Waals surface area contributed by atoms with Gasteiger partial charge in [0, 0.05) is 18.5 Å². The van der Waals surface area contributed by atoms with Crippen molar-refractivity contribution in [2.75, 3.05) is 11.4 Å². The molecule has 1 atom stereocenters. The first kappa shape index (κ1) is 17.4. The lowest BCUT2D eigenvalue weighted by atomic mass is 9.88. The van der Waals surface area contributed by atoms with Crippen LogP contribution in [-0.2, 0) is 21.6 Å². The van der Waals surface area contributed by atoms with E-state index in [0.29, 0.717) is 18.5 Å². The van der Waals surface area contributed by atoms with Gasteiger partial charge in [-0.15, -0.1) is 0 Å². The Morgan fingerprint density at radius 1 is 1.16 bits per heavy atom. The van der Waals surface area contributed by atoms with Gasteiger partial charge < -0.3 is 10.0 Å². The number of ketones is 1. The number of rotatable bonds is 5. The van der Waals surface area contributed by atoms with Crippen molar-refractivity contribution in [2.45, 2.75) is 39.2 Å². The zero-order valence-corrected chi connectivity index (χ0v) is 14.9. The van der Waals surface area contributed by atoms with Crippen molar-refractivity contribution in [1.82, 2.24) is 0 Å². The number of carbonyl (C=O) groups is 2. The fourth-order valence-corrected chi connectivity index (χ4v) is 3.70. The summed E-state index contributed by atoms with van der Waals surface area (Å²) in [4.78, 5) is 26.4. The summed E-state index contributed by atoms with van der Waals surface area (Å²) in [6, 6.07) is 13.8. The van der Waals surface area contributed by atoms with E-state index in [0.717, 1.165) is 22.4 Å². The van der Waals surface area contributed by atoms with Gasteiger partial charge in [-0.2, -0.15) is 0 Å². The number of benzene rings is 2. The molecule has 0 aliphatic carbocycles. The third-order valence-electron chi connectivity index (χ3n) is 4.73. The average molecular weight is 337 g/mol. The zero-order valence-electron chi connectivity index (χ0n) is 14.9. The molecule has 3 rings (SSSR count). The summed E-state index contributed by atoms with van der Waals surface area (Å²) in [6.07, 6.45) is 0.499. The molecular weight excluding hydrogens is 314 g/mol. The highest BCUT2D eigenvalue weighted by atomic mass is 16.3. The normalized spacial score (nSPS) is 19.2. The monoisotopic (exact) mass is 337 g/mol. The van der Waals surface area contributed by atoms with Crippen LogP contribution >= 0.6 is 0 Å². The second-order valence-corrected chi connectivity index (χ2v) is 6.91. The van der Waals surface area contributed by atoms with Crippen LogP contribution < -0.4 is 4.90 Å². The lowest BCUT2D eigenvalue weighted by molar-refractivity contribution is -0.141. The molecule has 4 heteroatoms. The molecule has 130 valence electrons. The first-order valence-corrected chi connectivity index (χ1v) is 8.52. The van der Waals surface area contributed by atoms with E-state index in [9.17, 15) is 14.7 Å². The van der Waals surface area contributed by atoms with Gasteiger partial charge in [-0.25, -0.2) is 0 Å². The summed E-state index contributed by atoms with van der Waals surface area (Å²) in [5.74, 6) is -0.604. The number of aliphatic hydroxyl groups is 1. The first-order valence-electron chi connectivity index (χ1n) is 8.52. The highest BCUT2D eigenvalue weighted by molar-refractivity contribution is 6.09. The third-order valence-corrected chi connectivity index (χ3v) is 4.73. The maximum Gasteiger partial charge on any atom is 0.264 e. The minimum atomic E-state index is -1.76. The van der Waals surface area contributed by atoms with Crippen LogP contribution in [0.4, 0.5) is 5.69 Å². The van der Waals surface area contributed by atoms with E-state index in [1.54, 1.807) is 4.90 Å². The maximum absolute atomic E-state index is 13.0. The molecule has 0 unspecified atom stereocenters. The fraction of sp³-hybridized carbons (Fsp3) is 0.333. The summed E-state index contributed by atoms with van der Waals surface area (Å²) < 4.78 is 0. The zero-order chi connectivity index (χ0) is 18.2. The largest absolute Gasteiger partial charge is 0.375 e. The predicted molar refractivity (Wildman–Crippen MR) is 97.6 cm³/mol. The molecule has 2 aromatic rings. The molecule has 1 aliphatic rings. The summed E-state index contributed by atoms with van der Waals surface area (Å²) in [5, 5.41) is 11.1. The Kier molecular flexibility index (Phi) is 4.48. The Morgan fingerprint density at radius 3 is 2.48 bits per heavy atom. The number of anilines is 1. The first-order chi connectivity index (χ1) is 11.8. The standard InChI is InChI=1S/C21H23NO3/c1-14-11-15(2)19-18(12-14)21(25,13-16(3)23)20(24)22(19)10-9-17-7-5-4-6-8-17/h4-8,11-12,25H,9-10,13H2,1-3H3/t21-/m0/s1. The van der Waals surface area contributed by atoms with Crippen molar-refractivity contribution in [3.8, 4) is 0 Å². The predicted octanol–water partition coefficient (Wildman–Crippen LogP) is 3.06. The van der Waals surface area contributed by atoms with Crippen LogP contribution in [0.25, 0.3) is 0 Å². The Labute approximate surface area is 148 Å². The van der Waals surface area contributed by atoms with Crippen molar-refractivity contribution in [2.24, 2.45) is 0 Å². The fourth-order valence-electron chi connectivity index (χ4n) is 3.70.